The fourth-order valence-corrected chi connectivity index (χ4v) is 3.23. The standard InChI is InChI=1S/C14H21Cl2N3O/c1-2-17-13-11(15)9-12(16)14(18-13)19-7-3-5-10(19)6-4-8-20/h9-10,20H,2-8H2,1H3,(H,17,18). The molecule has 112 valence electrons. The number of nitrogens with one attached hydrogen (secondary N) is 1. The van der Waals surface area contributed by atoms with Crippen LogP contribution in [-0.4, -0.2) is 35.8 Å². The van der Waals surface area contributed by atoms with E-state index in [0.717, 1.165) is 44.6 Å². The number of aromatic nitrogens is 1. The highest BCUT2D eigenvalue weighted by Crippen LogP contribution is 2.35. The Balaban J connectivity index is 2.24. The lowest BCUT2D eigenvalue weighted by molar-refractivity contribution is 0.279. The van der Waals surface area contributed by atoms with Gasteiger partial charge >= 0.3 is 0 Å². The van der Waals surface area contributed by atoms with E-state index in [9.17, 15) is 0 Å². The van der Waals surface area contributed by atoms with Crippen molar-refractivity contribution in [1.82, 2.24) is 4.98 Å². The maximum atomic E-state index is 9.00. The molecule has 2 heterocycles. The third-order valence-electron chi connectivity index (χ3n) is 3.60. The molecule has 1 atom stereocenters. The summed E-state index contributed by atoms with van der Waals surface area (Å²) in [5.41, 5.74) is 0. The van der Waals surface area contributed by atoms with Gasteiger partial charge in [0.15, 0.2) is 0 Å². The Bertz CT molecular complexity index is 456. The highest BCUT2D eigenvalue weighted by atomic mass is 35.5. The number of aliphatic hydroxyl groups excluding tert-OH is 1. The van der Waals surface area contributed by atoms with Crippen molar-refractivity contribution in [2.75, 3.05) is 29.9 Å². The Morgan fingerprint density at radius 2 is 2.25 bits per heavy atom. The molecule has 1 fully saturated rings. The highest BCUT2D eigenvalue weighted by Gasteiger charge is 2.27. The second kappa shape index (κ2) is 7.34. The Kier molecular flexibility index (Phi) is 5.75. The average molecular weight is 318 g/mol. The van der Waals surface area contributed by atoms with Crippen LogP contribution in [0.15, 0.2) is 6.07 Å². The zero-order valence-corrected chi connectivity index (χ0v) is 13.2. The Morgan fingerprint density at radius 3 is 2.95 bits per heavy atom. The third-order valence-corrected chi connectivity index (χ3v) is 4.17. The SMILES string of the molecule is CCNc1nc(N2CCCC2CCCO)c(Cl)cc1Cl. The van der Waals surface area contributed by atoms with Crippen LogP contribution in [-0.2, 0) is 0 Å². The smallest absolute Gasteiger partial charge is 0.150 e. The summed E-state index contributed by atoms with van der Waals surface area (Å²) in [6, 6.07) is 2.16. The Morgan fingerprint density at radius 1 is 1.45 bits per heavy atom. The summed E-state index contributed by atoms with van der Waals surface area (Å²) in [5.74, 6) is 1.48. The normalized spacial score (nSPS) is 18.6. The number of anilines is 2. The van der Waals surface area contributed by atoms with Gasteiger partial charge in [0.25, 0.3) is 0 Å². The molecule has 1 aromatic heterocycles. The van der Waals surface area contributed by atoms with Gasteiger partial charge in [-0.15, -0.1) is 0 Å². The summed E-state index contributed by atoms with van der Waals surface area (Å²) in [6.07, 6.45) is 4.03. The van der Waals surface area contributed by atoms with Gasteiger partial charge in [-0.2, -0.15) is 0 Å². The van der Waals surface area contributed by atoms with Crippen LogP contribution in [0.25, 0.3) is 0 Å². The van der Waals surface area contributed by atoms with Gasteiger partial charge in [-0.05, 0) is 38.7 Å². The van der Waals surface area contributed by atoms with Gasteiger partial charge in [0.05, 0.1) is 10.0 Å². The van der Waals surface area contributed by atoms with Crippen molar-refractivity contribution in [3.63, 3.8) is 0 Å². The largest absolute Gasteiger partial charge is 0.396 e. The topological polar surface area (TPSA) is 48.4 Å². The summed E-state index contributed by atoms with van der Waals surface area (Å²) in [5, 5.41) is 13.3. The Hall–Kier alpha value is -0.710. The predicted molar refractivity (Wildman–Crippen MR) is 85.1 cm³/mol. The van der Waals surface area contributed by atoms with E-state index in [1.165, 1.54) is 0 Å². The monoisotopic (exact) mass is 317 g/mol. The minimum Gasteiger partial charge on any atom is -0.396 e. The molecular formula is C14H21Cl2N3O. The lowest BCUT2D eigenvalue weighted by Crippen LogP contribution is -2.30. The van der Waals surface area contributed by atoms with Crippen LogP contribution in [0.5, 0.6) is 0 Å². The third kappa shape index (κ3) is 3.48. The molecule has 20 heavy (non-hydrogen) atoms. The van der Waals surface area contributed by atoms with E-state index in [2.05, 4.69) is 15.2 Å². The first-order valence-electron chi connectivity index (χ1n) is 7.14. The van der Waals surface area contributed by atoms with E-state index in [-0.39, 0.29) is 6.61 Å². The van der Waals surface area contributed by atoms with Crippen LogP contribution >= 0.6 is 23.2 Å². The maximum Gasteiger partial charge on any atom is 0.150 e. The molecule has 0 spiro atoms. The molecule has 2 N–H and O–H groups in total. The van der Waals surface area contributed by atoms with Gasteiger partial charge in [0.1, 0.15) is 11.6 Å². The van der Waals surface area contributed by atoms with Crippen LogP contribution in [0.1, 0.15) is 32.6 Å². The average Bonchev–Trinajstić information content (AvgIpc) is 2.88. The maximum absolute atomic E-state index is 9.00. The second-order valence-electron chi connectivity index (χ2n) is 5.01. The number of halogens is 2. The van der Waals surface area contributed by atoms with Crippen molar-refractivity contribution in [1.29, 1.82) is 0 Å². The summed E-state index contributed by atoms with van der Waals surface area (Å²) in [7, 11) is 0. The van der Waals surface area contributed by atoms with E-state index in [1.807, 2.05) is 6.92 Å². The van der Waals surface area contributed by atoms with Gasteiger partial charge in [-0.25, -0.2) is 4.98 Å². The molecule has 0 amide bonds. The molecule has 0 radical (unpaired) electrons. The molecule has 1 unspecified atom stereocenters. The van der Waals surface area contributed by atoms with Crippen molar-refractivity contribution in [3.05, 3.63) is 16.1 Å². The number of pyridine rings is 1. The van der Waals surface area contributed by atoms with Crippen molar-refractivity contribution in [2.45, 2.75) is 38.6 Å². The molecule has 4 nitrogen and oxygen atoms in total. The minimum atomic E-state index is 0.231. The van der Waals surface area contributed by atoms with Crippen molar-refractivity contribution < 1.29 is 5.11 Å². The Labute approximate surface area is 130 Å². The van der Waals surface area contributed by atoms with Gasteiger partial charge in [-0.1, -0.05) is 23.2 Å². The molecular weight excluding hydrogens is 297 g/mol. The van der Waals surface area contributed by atoms with Crippen LogP contribution < -0.4 is 10.2 Å². The first kappa shape index (κ1) is 15.7. The summed E-state index contributed by atoms with van der Waals surface area (Å²) >= 11 is 12.5. The van der Waals surface area contributed by atoms with Crippen LogP contribution in [0, 0.1) is 0 Å². The summed E-state index contributed by atoms with van der Waals surface area (Å²) < 4.78 is 0. The molecule has 0 aliphatic carbocycles. The number of aliphatic hydroxyl groups is 1. The first-order chi connectivity index (χ1) is 9.67. The molecule has 1 saturated heterocycles. The number of hydrogen-bond acceptors (Lipinski definition) is 4. The van der Waals surface area contributed by atoms with E-state index in [4.69, 9.17) is 28.3 Å². The predicted octanol–water partition coefficient (Wildman–Crippen LogP) is 3.56. The lowest BCUT2D eigenvalue weighted by atomic mass is 10.1. The molecule has 1 aliphatic heterocycles. The van der Waals surface area contributed by atoms with Gasteiger partial charge in [0, 0.05) is 25.7 Å². The van der Waals surface area contributed by atoms with E-state index < -0.39 is 0 Å². The highest BCUT2D eigenvalue weighted by molar-refractivity contribution is 6.37. The number of hydrogen-bond donors (Lipinski definition) is 2. The zero-order chi connectivity index (χ0) is 14.5. The first-order valence-corrected chi connectivity index (χ1v) is 7.90. The van der Waals surface area contributed by atoms with Crippen molar-refractivity contribution in [2.24, 2.45) is 0 Å². The summed E-state index contributed by atoms with van der Waals surface area (Å²) in [6.45, 7) is 3.96. The zero-order valence-electron chi connectivity index (χ0n) is 11.7. The molecule has 0 aromatic carbocycles. The molecule has 6 heteroatoms. The van der Waals surface area contributed by atoms with E-state index in [1.54, 1.807) is 6.07 Å². The van der Waals surface area contributed by atoms with E-state index >= 15 is 0 Å². The molecule has 1 aliphatic rings. The van der Waals surface area contributed by atoms with Crippen LogP contribution in [0.3, 0.4) is 0 Å². The molecule has 1 aromatic rings. The van der Waals surface area contributed by atoms with Crippen LogP contribution in [0.4, 0.5) is 11.6 Å². The van der Waals surface area contributed by atoms with Gasteiger partial charge in [0.2, 0.25) is 0 Å². The van der Waals surface area contributed by atoms with Gasteiger partial charge in [-0.3, -0.25) is 0 Å². The second-order valence-corrected chi connectivity index (χ2v) is 5.82. The fraction of sp³-hybridized carbons (Fsp3) is 0.643. The van der Waals surface area contributed by atoms with Crippen molar-refractivity contribution >= 4 is 34.8 Å². The molecule has 2 rings (SSSR count). The van der Waals surface area contributed by atoms with Gasteiger partial charge < -0.3 is 15.3 Å². The van der Waals surface area contributed by atoms with E-state index in [0.29, 0.717) is 21.9 Å². The number of rotatable bonds is 6. The molecule has 0 bridgehead atoms. The summed E-state index contributed by atoms with van der Waals surface area (Å²) in [4.78, 5) is 6.84. The minimum absolute atomic E-state index is 0.231. The molecule has 0 saturated carbocycles. The lowest BCUT2D eigenvalue weighted by Gasteiger charge is -2.27. The number of nitrogens with zero attached hydrogens (tertiary/aromatic N) is 2. The van der Waals surface area contributed by atoms with Crippen molar-refractivity contribution in [3.8, 4) is 0 Å². The fourth-order valence-electron chi connectivity index (χ4n) is 2.69. The quantitative estimate of drug-likeness (QED) is 0.842. The van der Waals surface area contributed by atoms with Crippen LogP contribution in [0.2, 0.25) is 10.0 Å².